The summed E-state index contributed by atoms with van der Waals surface area (Å²) in [5.41, 5.74) is 3.64. The van der Waals surface area contributed by atoms with Crippen molar-refractivity contribution in [2.24, 2.45) is 0 Å². The Kier molecular flexibility index (Phi) is 4.99. The molecule has 1 heterocycles. The minimum Gasteiger partial charge on any atom is -0.493 e. The van der Waals surface area contributed by atoms with Gasteiger partial charge in [-0.25, -0.2) is 0 Å². The SMILES string of the molecule is COc1ccc2c(c1OC)CCNC2c1ccc(Oc2ccccc2)cc1. The molecular formula is C23H23NO3. The second-order valence-corrected chi connectivity index (χ2v) is 6.49. The van der Waals surface area contributed by atoms with Crippen molar-refractivity contribution >= 4 is 0 Å². The lowest BCUT2D eigenvalue weighted by Crippen LogP contribution is -2.30. The first-order valence-corrected chi connectivity index (χ1v) is 9.10. The Labute approximate surface area is 159 Å². The van der Waals surface area contributed by atoms with Crippen LogP contribution in [0.4, 0.5) is 0 Å². The largest absolute Gasteiger partial charge is 0.493 e. The Hall–Kier alpha value is -2.98. The molecule has 4 nitrogen and oxygen atoms in total. The fourth-order valence-corrected chi connectivity index (χ4v) is 3.64. The fraction of sp³-hybridized carbons (Fsp3) is 0.217. The molecule has 0 amide bonds. The molecule has 1 aliphatic rings. The molecule has 0 saturated carbocycles. The van der Waals surface area contributed by atoms with Crippen LogP contribution in [0.25, 0.3) is 0 Å². The molecule has 3 aromatic carbocycles. The predicted octanol–water partition coefficient (Wildman–Crippen LogP) is 4.73. The van der Waals surface area contributed by atoms with Gasteiger partial charge in [0.1, 0.15) is 11.5 Å². The topological polar surface area (TPSA) is 39.7 Å². The van der Waals surface area contributed by atoms with Gasteiger partial charge in [-0.05, 0) is 47.9 Å². The summed E-state index contributed by atoms with van der Waals surface area (Å²) in [5, 5.41) is 3.61. The number of fused-ring (bicyclic) bond motifs is 1. The van der Waals surface area contributed by atoms with Gasteiger partial charge in [0.2, 0.25) is 0 Å². The Balaban J connectivity index is 1.62. The zero-order chi connectivity index (χ0) is 18.6. The van der Waals surface area contributed by atoms with E-state index in [0.717, 1.165) is 36.0 Å². The number of ether oxygens (including phenoxy) is 3. The maximum Gasteiger partial charge on any atom is 0.164 e. The third-order valence-corrected chi connectivity index (χ3v) is 4.91. The number of rotatable bonds is 5. The van der Waals surface area contributed by atoms with Crippen molar-refractivity contribution in [2.45, 2.75) is 12.5 Å². The van der Waals surface area contributed by atoms with Gasteiger partial charge in [0.25, 0.3) is 0 Å². The number of benzene rings is 3. The van der Waals surface area contributed by atoms with Gasteiger partial charge in [0, 0.05) is 12.1 Å². The van der Waals surface area contributed by atoms with Gasteiger partial charge in [0.15, 0.2) is 11.5 Å². The maximum absolute atomic E-state index is 5.90. The van der Waals surface area contributed by atoms with Gasteiger partial charge >= 0.3 is 0 Å². The molecule has 0 spiro atoms. The van der Waals surface area contributed by atoms with E-state index in [1.54, 1.807) is 14.2 Å². The zero-order valence-electron chi connectivity index (χ0n) is 15.6. The van der Waals surface area contributed by atoms with Crippen LogP contribution in [0, 0.1) is 0 Å². The molecule has 1 aliphatic heterocycles. The highest BCUT2D eigenvalue weighted by molar-refractivity contribution is 5.54. The van der Waals surface area contributed by atoms with Crippen LogP contribution in [0.1, 0.15) is 22.7 Å². The lowest BCUT2D eigenvalue weighted by Gasteiger charge is -2.29. The molecule has 3 aromatic rings. The van der Waals surface area contributed by atoms with Crippen molar-refractivity contribution in [3.05, 3.63) is 83.4 Å². The summed E-state index contributed by atoms with van der Waals surface area (Å²) in [5.74, 6) is 3.28. The van der Waals surface area contributed by atoms with Crippen LogP contribution in [0.3, 0.4) is 0 Å². The zero-order valence-corrected chi connectivity index (χ0v) is 15.6. The van der Waals surface area contributed by atoms with E-state index in [0.29, 0.717) is 0 Å². The average molecular weight is 361 g/mol. The summed E-state index contributed by atoms with van der Waals surface area (Å²) in [4.78, 5) is 0. The second kappa shape index (κ2) is 7.72. The molecule has 4 heteroatoms. The highest BCUT2D eigenvalue weighted by Gasteiger charge is 2.25. The van der Waals surface area contributed by atoms with E-state index < -0.39 is 0 Å². The Morgan fingerprint density at radius 2 is 1.56 bits per heavy atom. The van der Waals surface area contributed by atoms with Gasteiger partial charge < -0.3 is 19.5 Å². The molecule has 1 unspecified atom stereocenters. The standard InChI is InChI=1S/C23H23NO3/c1-25-21-13-12-19-20(23(21)26-2)14-15-24-22(19)16-8-10-18(11-9-16)27-17-6-4-3-5-7-17/h3-13,22,24H,14-15H2,1-2H3. The minimum atomic E-state index is 0.124. The molecule has 0 aliphatic carbocycles. The van der Waals surface area contributed by atoms with Crippen molar-refractivity contribution in [3.8, 4) is 23.0 Å². The molecule has 0 bridgehead atoms. The summed E-state index contributed by atoms with van der Waals surface area (Å²) >= 11 is 0. The van der Waals surface area contributed by atoms with E-state index in [9.17, 15) is 0 Å². The van der Waals surface area contributed by atoms with E-state index in [1.807, 2.05) is 48.5 Å². The highest BCUT2D eigenvalue weighted by atomic mass is 16.5. The summed E-state index contributed by atoms with van der Waals surface area (Å²) in [6, 6.07) is 22.3. The van der Waals surface area contributed by atoms with Gasteiger partial charge in [-0.3, -0.25) is 0 Å². The van der Waals surface area contributed by atoms with Gasteiger partial charge in [0.05, 0.1) is 20.3 Å². The molecule has 4 rings (SSSR count). The van der Waals surface area contributed by atoms with Crippen LogP contribution in [0.2, 0.25) is 0 Å². The monoisotopic (exact) mass is 361 g/mol. The van der Waals surface area contributed by atoms with Gasteiger partial charge in [-0.1, -0.05) is 36.4 Å². The Morgan fingerprint density at radius 1 is 0.815 bits per heavy atom. The lowest BCUT2D eigenvalue weighted by atomic mass is 9.89. The number of hydrogen-bond donors (Lipinski definition) is 1. The van der Waals surface area contributed by atoms with Crippen LogP contribution in [0.5, 0.6) is 23.0 Å². The van der Waals surface area contributed by atoms with Crippen molar-refractivity contribution in [1.82, 2.24) is 5.32 Å². The fourth-order valence-electron chi connectivity index (χ4n) is 3.64. The van der Waals surface area contributed by atoms with Crippen LogP contribution in [-0.2, 0) is 6.42 Å². The van der Waals surface area contributed by atoms with Crippen LogP contribution < -0.4 is 19.5 Å². The Bertz CT molecular complexity index is 907. The molecule has 0 aromatic heterocycles. The van der Waals surface area contributed by atoms with Crippen LogP contribution in [-0.4, -0.2) is 20.8 Å². The van der Waals surface area contributed by atoms with Crippen LogP contribution >= 0.6 is 0 Å². The molecule has 1 N–H and O–H groups in total. The average Bonchev–Trinajstić information content (AvgIpc) is 2.73. The molecule has 0 saturated heterocycles. The first kappa shape index (κ1) is 17.4. The Morgan fingerprint density at radius 3 is 2.26 bits per heavy atom. The van der Waals surface area contributed by atoms with Crippen molar-refractivity contribution < 1.29 is 14.2 Å². The lowest BCUT2D eigenvalue weighted by molar-refractivity contribution is 0.348. The molecule has 0 fully saturated rings. The van der Waals surface area contributed by atoms with Crippen molar-refractivity contribution in [3.63, 3.8) is 0 Å². The smallest absolute Gasteiger partial charge is 0.164 e. The highest BCUT2D eigenvalue weighted by Crippen LogP contribution is 2.40. The summed E-state index contributed by atoms with van der Waals surface area (Å²) in [6.45, 7) is 0.892. The van der Waals surface area contributed by atoms with Gasteiger partial charge in [-0.15, -0.1) is 0 Å². The quantitative estimate of drug-likeness (QED) is 0.713. The summed E-state index contributed by atoms with van der Waals surface area (Å²) < 4.78 is 17.0. The van der Waals surface area contributed by atoms with Crippen LogP contribution in [0.15, 0.2) is 66.7 Å². The van der Waals surface area contributed by atoms with E-state index in [2.05, 4.69) is 23.5 Å². The third kappa shape index (κ3) is 3.49. The molecule has 138 valence electrons. The molecule has 0 radical (unpaired) electrons. The first-order chi connectivity index (χ1) is 13.3. The minimum absolute atomic E-state index is 0.124. The number of methoxy groups -OCH3 is 2. The van der Waals surface area contributed by atoms with Gasteiger partial charge in [-0.2, -0.15) is 0 Å². The molecular weight excluding hydrogens is 338 g/mol. The van der Waals surface area contributed by atoms with E-state index in [4.69, 9.17) is 14.2 Å². The normalized spacial score (nSPS) is 15.7. The van der Waals surface area contributed by atoms with Crippen molar-refractivity contribution in [2.75, 3.05) is 20.8 Å². The second-order valence-electron chi connectivity index (χ2n) is 6.49. The number of hydrogen-bond acceptors (Lipinski definition) is 4. The maximum atomic E-state index is 5.90. The summed E-state index contributed by atoms with van der Waals surface area (Å²) in [7, 11) is 3.37. The molecule has 1 atom stereocenters. The predicted molar refractivity (Wildman–Crippen MR) is 106 cm³/mol. The van der Waals surface area contributed by atoms with E-state index in [-0.39, 0.29) is 6.04 Å². The van der Waals surface area contributed by atoms with E-state index >= 15 is 0 Å². The summed E-state index contributed by atoms with van der Waals surface area (Å²) in [6.07, 6.45) is 0.918. The molecule has 27 heavy (non-hydrogen) atoms. The van der Waals surface area contributed by atoms with Crippen molar-refractivity contribution in [1.29, 1.82) is 0 Å². The van der Waals surface area contributed by atoms with E-state index in [1.165, 1.54) is 16.7 Å². The first-order valence-electron chi connectivity index (χ1n) is 9.10. The number of para-hydroxylation sites is 1. The number of nitrogens with one attached hydrogen (secondary N) is 1. The third-order valence-electron chi connectivity index (χ3n) is 4.91.